The lowest BCUT2D eigenvalue weighted by Crippen LogP contribution is -2.14. The summed E-state index contributed by atoms with van der Waals surface area (Å²) in [6.45, 7) is 7.49. The Morgan fingerprint density at radius 3 is 2.70 bits per heavy atom. The van der Waals surface area contributed by atoms with E-state index in [0.29, 0.717) is 27.6 Å². The van der Waals surface area contributed by atoms with E-state index in [1.807, 2.05) is 6.92 Å². The number of carbonyl (C=O) groups is 2. The van der Waals surface area contributed by atoms with Gasteiger partial charge in [0.25, 0.3) is 5.91 Å². The van der Waals surface area contributed by atoms with Gasteiger partial charge in [0.15, 0.2) is 4.34 Å². The van der Waals surface area contributed by atoms with Gasteiger partial charge in [-0.05, 0) is 32.1 Å². The summed E-state index contributed by atoms with van der Waals surface area (Å²) in [5.74, 6) is 0.0983. The molecular weight excluding hydrogens is 336 g/mol. The van der Waals surface area contributed by atoms with Crippen LogP contribution in [0.1, 0.15) is 46.0 Å². The average Bonchev–Trinajstić information content (AvgIpc) is 3.04. The number of ether oxygens (including phenoxy) is 1. The zero-order valence-electron chi connectivity index (χ0n) is 13.3. The fourth-order valence-corrected chi connectivity index (χ4v) is 3.73. The number of amides is 1. The molecule has 0 saturated heterocycles. The molecule has 7 nitrogen and oxygen atoms in total. The van der Waals surface area contributed by atoms with Crippen molar-refractivity contribution < 1.29 is 14.3 Å². The molecule has 2 aromatic heterocycles. The fourth-order valence-electron chi connectivity index (χ4n) is 2.09. The van der Waals surface area contributed by atoms with Crippen molar-refractivity contribution in [3.05, 3.63) is 22.5 Å². The second-order valence-electron chi connectivity index (χ2n) is 4.61. The summed E-state index contributed by atoms with van der Waals surface area (Å²) >= 11 is 2.88. The molecule has 0 fully saturated rings. The Morgan fingerprint density at radius 2 is 2.04 bits per heavy atom. The number of hydrogen-bond donors (Lipinski definition) is 2. The number of hydrogen-bond acceptors (Lipinski definition) is 7. The maximum atomic E-state index is 12.4. The van der Waals surface area contributed by atoms with E-state index in [4.69, 9.17) is 4.74 Å². The molecule has 0 aliphatic rings. The highest BCUT2D eigenvalue weighted by Gasteiger charge is 2.23. The molecule has 0 spiro atoms. The molecule has 2 aromatic rings. The van der Waals surface area contributed by atoms with E-state index in [-0.39, 0.29) is 12.5 Å². The number of esters is 1. The zero-order valence-corrected chi connectivity index (χ0v) is 15.0. The number of nitrogens with one attached hydrogen (secondary N) is 2. The topological polar surface area (TPSA) is 97.0 Å². The van der Waals surface area contributed by atoms with Gasteiger partial charge >= 0.3 is 5.97 Å². The normalized spacial score (nSPS) is 10.6. The number of rotatable bonds is 6. The molecule has 1 amide bonds. The van der Waals surface area contributed by atoms with Gasteiger partial charge in [0.05, 0.1) is 12.2 Å². The Bertz CT molecular complexity index is 724. The number of carbonyl (C=O) groups excluding carboxylic acids is 2. The monoisotopic (exact) mass is 354 g/mol. The van der Waals surface area contributed by atoms with E-state index in [0.717, 1.165) is 10.1 Å². The first-order valence-electron chi connectivity index (χ1n) is 7.11. The second kappa shape index (κ2) is 7.60. The Kier molecular flexibility index (Phi) is 5.78. The molecule has 0 saturated carbocycles. The summed E-state index contributed by atoms with van der Waals surface area (Å²) in [4.78, 5) is 27.3. The summed E-state index contributed by atoms with van der Waals surface area (Å²) in [7, 11) is 0. The van der Waals surface area contributed by atoms with Crippen molar-refractivity contribution in [1.29, 1.82) is 0 Å². The minimum atomic E-state index is -0.435. The molecule has 2 N–H and O–H groups in total. The number of nitrogens with zero attached hydrogens (tertiary/aromatic N) is 2. The van der Waals surface area contributed by atoms with Gasteiger partial charge in [0, 0.05) is 5.69 Å². The minimum Gasteiger partial charge on any atom is -0.462 e. The van der Waals surface area contributed by atoms with E-state index in [1.54, 1.807) is 32.5 Å². The third kappa shape index (κ3) is 3.91. The van der Waals surface area contributed by atoms with Crippen LogP contribution < -0.4 is 5.32 Å². The molecule has 9 heteroatoms. The van der Waals surface area contributed by atoms with Crippen LogP contribution in [0.4, 0.5) is 5.13 Å². The molecule has 0 radical (unpaired) electrons. The van der Waals surface area contributed by atoms with E-state index in [9.17, 15) is 9.59 Å². The summed E-state index contributed by atoms with van der Waals surface area (Å²) in [5.41, 5.74) is 1.89. The molecule has 2 heterocycles. The van der Waals surface area contributed by atoms with Gasteiger partial charge in [-0.15, -0.1) is 10.2 Å². The van der Waals surface area contributed by atoms with Crippen molar-refractivity contribution in [3.8, 4) is 0 Å². The van der Waals surface area contributed by atoms with Crippen LogP contribution in [0.5, 0.6) is 0 Å². The van der Waals surface area contributed by atoms with E-state index < -0.39 is 5.97 Å². The lowest BCUT2D eigenvalue weighted by atomic mass is 10.1. The summed E-state index contributed by atoms with van der Waals surface area (Å²) in [5, 5.41) is 11.0. The van der Waals surface area contributed by atoms with Crippen molar-refractivity contribution in [1.82, 2.24) is 15.2 Å². The van der Waals surface area contributed by atoms with Gasteiger partial charge in [-0.25, -0.2) is 4.79 Å². The number of anilines is 1. The highest BCUT2D eigenvalue weighted by molar-refractivity contribution is 8.01. The number of thioether (sulfide) groups is 1. The Labute approximate surface area is 142 Å². The average molecular weight is 354 g/mol. The molecule has 23 heavy (non-hydrogen) atoms. The van der Waals surface area contributed by atoms with Crippen LogP contribution in [0.25, 0.3) is 0 Å². The predicted molar refractivity (Wildman–Crippen MR) is 90.5 cm³/mol. The van der Waals surface area contributed by atoms with Gasteiger partial charge in [0.1, 0.15) is 5.69 Å². The Hall–Kier alpha value is -1.87. The smallest absolute Gasteiger partial charge is 0.340 e. The van der Waals surface area contributed by atoms with Crippen LogP contribution in [0, 0.1) is 13.8 Å². The van der Waals surface area contributed by atoms with Gasteiger partial charge in [-0.1, -0.05) is 30.0 Å². The van der Waals surface area contributed by atoms with Crippen LogP contribution in [0.15, 0.2) is 4.34 Å². The quantitative estimate of drug-likeness (QED) is 0.470. The standard InChI is InChI=1S/C14H18N4O3S2/c1-5-21-12(20)9-7(3)10(15-8(9)4)11(19)16-13-17-18-14(23-13)22-6-2/h15H,5-6H2,1-4H3,(H,16,17,19). The summed E-state index contributed by atoms with van der Waals surface area (Å²) < 4.78 is 5.82. The Morgan fingerprint density at radius 1 is 1.30 bits per heavy atom. The van der Waals surface area contributed by atoms with Gasteiger partial charge in [0.2, 0.25) is 5.13 Å². The molecule has 2 rings (SSSR count). The fraction of sp³-hybridized carbons (Fsp3) is 0.429. The largest absolute Gasteiger partial charge is 0.462 e. The second-order valence-corrected chi connectivity index (χ2v) is 7.09. The molecular formula is C14H18N4O3S2. The molecule has 0 atom stereocenters. The van der Waals surface area contributed by atoms with Gasteiger partial charge in [-0.2, -0.15) is 0 Å². The third-order valence-corrected chi connectivity index (χ3v) is 4.89. The summed E-state index contributed by atoms with van der Waals surface area (Å²) in [6.07, 6.45) is 0. The van der Waals surface area contributed by atoms with Crippen LogP contribution in [0.3, 0.4) is 0 Å². The lowest BCUT2D eigenvalue weighted by Gasteiger charge is -2.03. The SMILES string of the molecule is CCOC(=O)c1c(C)[nH]c(C(=O)Nc2nnc(SCC)s2)c1C. The number of aromatic amines is 1. The molecule has 0 unspecified atom stereocenters. The first-order valence-corrected chi connectivity index (χ1v) is 8.92. The number of aromatic nitrogens is 3. The molecule has 0 aliphatic carbocycles. The maximum absolute atomic E-state index is 12.4. The van der Waals surface area contributed by atoms with Crippen molar-refractivity contribution >= 4 is 40.1 Å². The van der Waals surface area contributed by atoms with Crippen molar-refractivity contribution in [2.45, 2.75) is 32.0 Å². The highest BCUT2D eigenvalue weighted by atomic mass is 32.2. The maximum Gasteiger partial charge on any atom is 0.340 e. The van der Waals surface area contributed by atoms with Crippen molar-refractivity contribution in [2.75, 3.05) is 17.7 Å². The zero-order chi connectivity index (χ0) is 17.0. The van der Waals surface area contributed by atoms with E-state index in [1.165, 1.54) is 11.3 Å². The first-order chi connectivity index (χ1) is 11.0. The van der Waals surface area contributed by atoms with Crippen molar-refractivity contribution in [3.63, 3.8) is 0 Å². The third-order valence-electron chi connectivity index (χ3n) is 3.04. The van der Waals surface area contributed by atoms with Gasteiger partial charge in [-0.3, -0.25) is 10.1 Å². The molecule has 0 aromatic carbocycles. The predicted octanol–water partition coefficient (Wildman–Crippen LogP) is 3.02. The Balaban J connectivity index is 2.19. The lowest BCUT2D eigenvalue weighted by molar-refractivity contribution is 0.0525. The molecule has 0 bridgehead atoms. The number of H-pyrrole nitrogens is 1. The van der Waals surface area contributed by atoms with Crippen LogP contribution in [-0.2, 0) is 4.74 Å². The van der Waals surface area contributed by atoms with Crippen LogP contribution >= 0.6 is 23.1 Å². The van der Waals surface area contributed by atoms with E-state index in [2.05, 4.69) is 20.5 Å². The minimum absolute atomic E-state index is 0.285. The van der Waals surface area contributed by atoms with E-state index >= 15 is 0 Å². The highest BCUT2D eigenvalue weighted by Crippen LogP contribution is 2.26. The molecule has 124 valence electrons. The van der Waals surface area contributed by atoms with Crippen LogP contribution in [0.2, 0.25) is 0 Å². The van der Waals surface area contributed by atoms with Crippen LogP contribution in [-0.4, -0.2) is 39.4 Å². The molecule has 0 aliphatic heterocycles. The first kappa shape index (κ1) is 17.5. The summed E-state index contributed by atoms with van der Waals surface area (Å²) in [6, 6.07) is 0. The number of aryl methyl sites for hydroxylation is 1. The van der Waals surface area contributed by atoms with Crippen molar-refractivity contribution in [2.24, 2.45) is 0 Å². The van der Waals surface area contributed by atoms with Gasteiger partial charge < -0.3 is 9.72 Å².